The van der Waals surface area contributed by atoms with Crippen molar-refractivity contribution in [3.05, 3.63) is 0 Å². The third kappa shape index (κ3) is 4.26. The van der Waals surface area contributed by atoms with Gasteiger partial charge in [-0.25, -0.2) is 0 Å². The molecule has 0 aliphatic carbocycles. The van der Waals surface area contributed by atoms with Crippen LogP contribution in [0.1, 0.15) is 34.1 Å². The highest BCUT2D eigenvalue weighted by molar-refractivity contribution is 5.74. The lowest BCUT2D eigenvalue weighted by molar-refractivity contribution is -0.187. The highest BCUT2D eigenvalue weighted by Crippen LogP contribution is 2.29. The molecule has 0 radical (unpaired) electrons. The maximum Gasteiger partial charge on any atom is 0.219 e. The number of carbonyl (C=O) groups excluding carboxylic acids is 1. The number of rotatable bonds is 4. The van der Waals surface area contributed by atoms with Gasteiger partial charge in [0.05, 0.1) is 11.2 Å². The number of primary amides is 1. The maximum atomic E-state index is 11.0. The number of nitrogens with zero attached hydrogens (tertiary/aromatic N) is 1. The Bertz CT molecular complexity index is 273. The van der Waals surface area contributed by atoms with E-state index >= 15 is 0 Å². The highest BCUT2D eigenvalue weighted by Gasteiger charge is 2.40. The summed E-state index contributed by atoms with van der Waals surface area (Å²) in [5.41, 5.74) is 10.5. The first kappa shape index (κ1) is 14.4. The van der Waals surface area contributed by atoms with E-state index in [4.69, 9.17) is 16.2 Å². The molecular weight excluding hydrogens is 218 g/mol. The van der Waals surface area contributed by atoms with Crippen molar-refractivity contribution in [2.24, 2.45) is 11.5 Å². The number of carbonyl (C=O) groups is 1. The van der Waals surface area contributed by atoms with Gasteiger partial charge in [0, 0.05) is 32.1 Å². The Hall–Kier alpha value is -0.650. The van der Waals surface area contributed by atoms with Gasteiger partial charge in [0.25, 0.3) is 0 Å². The molecule has 5 nitrogen and oxygen atoms in total. The van der Waals surface area contributed by atoms with E-state index in [2.05, 4.69) is 32.6 Å². The van der Waals surface area contributed by atoms with Gasteiger partial charge in [-0.05, 0) is 27.7 Å². The van der Waals surface area contributed by atoms with Gasteiger partial charge in [0.2, 0.25) is 5.91 Å². The average Bonchev–Trinajstić information content (AvgIpc) is 2.08. The van der Waals surface area contributed by atoms with Crippen LogP contribution in [0.3, 0.4) is 0 Å². The van der Waals surface area contributed by atoms with Crippen LogP contribution >= 0.6 is 0 Å². The van der Waals surface area contributed by atoms with Gasteiger partial charge in [0.15, 0.2) is 0 Å². The van der Waals surface area contributed by atoms with Crippen LogP contribution in [0.25, 0.3) is 0 Å². The second kappa shape index (κ2) is 4.92. The molecule has 1 aliphatic rings. The number of ether oxygens (including phenoxy) is 1. The van der Waals surface area contributed by atoms with Crippen LogP contribution < -0.4 is 11.5 Å². The molecule has 0 aromatic carbocycles. The Balaban J connectivity index is 2.77. The van der Waals surface area contributed by atoms with Crippen LogP contribution in [-0.4, -0.2) is 47.7 Å². The van der Waals surface area contributed by atoms with E-state index in [9.17, 15) is 4.79 Å². The van der Waals surface area contributed by atoms with Gasteiger partial charge >= 0.3 is 0 Å². The molecule has 1 saturated heterocycles. The molecule has 100 valence electrons. The second-order valence-corrected chi connectivity index (χ2v) is 6.09. The van der Waals surface area contributed by atoms with Crippen LogP contribution in [0.2, 0.25) is 0 Å². The number of hydrogen-bond donors (Lipinski definition) is 2. The van der Waals surface area contributed by atoms with Crippen LogP contribution in [0.15, 0.2) is 0 Å². The minimum atomic E-state index is -0.303. The Morgan fingerprint density at radius 1 is 1.29 bits per heavy atom. The Morgan fingerprint density at radius 3 is 2.12 bits per heavy atom. The quantitative estimate of drug-likeness (QED) is 0.732. The van der Waals surface area contributed by atoms with Gasteiger partial charge in [0.1, 0.15) is 0 Å². The van der Waals surface area contributed by atoms with Gasteiger partial charge in [-0.3, -0.25) is 9.69 Å². The predicted molar refractivity (Wildman–Crippen MR) is 67.5 cm³/mol. The number of nitrogens with two attached hydrogens (primary N) is 2. The molecule has 1 amide bonds. The summed E-state index contributed by atoms with van der Waals surface area (Å²) < 4.78 is 5.99. The molecule has 1 fully saturated rings. The molecule has 0 bridgehead atoms. The standard InChI is InChI=1S/C12H25N3O2/c1-11(2)7-15(8-12(3,4)17-11)9(6-13)5-10(14)16/h9H,5-8,13H2,1-4H3,(H2,14,16). The summed E-state index contributed by atoms with van der Waals surface area (Å²) in [6.45, 7) is 10.2. The van der Waals surface area contributed by atoms with E-state index in [1.54, 1.807) is 0 Å². The van der Waals surface area contributed by atoms with E-state index < -0.39 is 0 Å². The summed E-state index contributed by atoms with van der Waals surface area (Å²) in [5, 5.41) is 0. The van der Waals surface area contributed by atoms with Crippen molar-refractivity contribution in [3.63, 3.8) is 0 Å². The fraction of sp³-hybridized carbons (Fsp3) is 0.917. The largest absolute Gasteiger partial charge is 0.370 e. The lowest BCUT2D eigenvalue weighted by Gasteiger charge is -2.49. The molecule has 0 spiro atoms. The summed E-state index contributed by atoms with van der Waals surface area (Å²) in [4.78, 5) is 13.3. The van der Waals surface area contributed by atoms with Gasteiger partial charge in [-0.15, -0.1) is 0 Å². The molecule has 0 aromatic heterocycles. The molecule has 4 N–H and O–H groups in total. The summed E-state index contributed by atoms with van der Waals surface area (Å²) >= 11 is 0. The topological polar surface area (TPSA) is 81.6 Å². The van der Waals surface area contributed by atoms with E-state index in [0.29, 0.717) is 13.0 Å². The number of morpholine rings is 1. The summed E-state index contributed by atoms with van der Waals surface area (Å²) in [6.07, 6.45) is 0.308. The van der Waals surface area contributed by atoms with Crippen LogP contribution in [0.4, 0.5) is 0 Å². The van der Waals surface area contributed by atoms with Crippen molar-refractivity contribution in [1.29, 1.82) is 0 Å². The van der Waals surface area contributed by atoms with Gasteiger partial charge in [-0.1, -0.05) is 0 Å². The molecule has 1 unspecified atom stereocenters. The minimum Gasteiger partial charge on any atom is -0.370 e. The smallest absolute Gasteiger partial charge is 0.219 e. The zero-order valence-electron chi connectivity index (χ0n) is 11.3. The fourth-order valence-corrected chi connectivity index (χ4v) is 2.70. The van der Waals surface area contributed by atoms with E-state index in [-0.39, 0.29) is 23.2 Å². The van der Waals surface area contributed by atoms with E-state index in [1.807, 2.05) is 0 Å². The van der Waals surface area contributed by atoms with Crippen molar-refractivity contribution in [3.8, 4) is 0 Å². The molecule has 17 heavy (non-hydrogen) atoms. The van der Waals surface area contributed by atoms with E-state index in [0.717, 1.165) is 13.1 Å². The monoisotopic (exact) mass is 243 g/mol. The van der Waals surface area contributed by atoms with Crippen molar-refractivity contribution in [2.45, 2.75) is 51.4 Å². The fourth-order valence-electron chi connectivity index (χ4n) is 2.70. The van der Waals surface area contributed by atoms with E-state index in [1.165, 1.54) is 0 Å². The predicted octanol–water partition coefficient (Wildman–Crippen LogP) is 0.0785. The normalized spacial score (nSPS) is 25.5. The van der Waals surface area contributed by atoms with Crippen molar-refractivity contribution in [1.82, 2.24) is 4.90 Å². The molecule has 0 saturated carbocycles. The van der Waals surface area contributed by atoms with Crippen LogP contribution in [0, 0.1) is 0 Å². The Kier molecular flexibility index (Phi) is 4.17. The molecule has 0 aromatic rings. The maximum absolute atomic E-state index is 11.0. The average molecular weight is 243 g/mol. The summed E-state index contributed by atoms with van der Waals surface area (Å²) in [5.74, 6) is -0.303. The van der Waals surface area contributed by atoms with Gasteiger partial charge in [-0.2, -0.15) is 0 Å². The third-order valence-electron chi connectivity index (χ3n) is 2.95. The lowest BCUT2D eigenvalue weighted by Crippen LogP contribution is -2.61. The third-order valence-corrected chi connectivity index (χ3v) is 2.95. The molecule has 1 aliphatic heterocycles. The SMILES string of the molecule is CC1(C)CN(C(CN)CC(N)=O)CC(C)(C)O1. The molecule has 5 heteroatoms. The lowest BCUT2D eigenvalue weighted by atomic mass is 9.96. The molecular formula is C12H25N3O2. The number of amides is 1. The molecule has 1 heterocycles. The van der Waals surface area contributed by atoms with Crippen LogP contribution in [0.5, 0.6) is 0 Å². The first-order chi connectivity index (χ1) is 7.65. The molecule has 1 rings (SSSR count). The second-order valence-electron chi connectivity index (χ2n) is 6.09. The zero-order valence-corrected chi connectivity index (χ0v) is 11.3. The summed E-state index contributed by atoms with van der Waals surface area (Å²) in [6, 6.07) is 0.00921. The Morgan fingerprint density at radius 2 is 1.76 bits per heavy atom. The van der Waals surface area contributed by atoms with Crippen LogP contribution in [-0.2, 0) is 9.53 Å². The first-order valence-corrected chi connectivity index (χ1v) is 6.08. The van der Waals surface area contributed by atoms with Gasteiger partial charge < -0.3 is 16.2 Å². The number of hydrogen-bond acceptors (Lipinski definition) is 4. The molecule has 1 atom stereocenters. The minimum absolute atomic E-state index is 0.00921. The first-order valence-electron chi connectivity index (χ1n) is 6.08. The zero-order chi connectivity index (χ0) is 13.3. The van der Waals surface area contributed by atoms with Crippen molar-refractivity contribution in [2.75, 3.05) is 19.6 Å². The highest BCUT2D eigenvalue weighted by atomic mass is 16.5. The van der Waals surface area contributed by atoms with Crippen molar-refractivity contribution >= 4 is 5.91 Å². The van der Waals surface area contributed by atoms with Crippen molar-refractivity contribution < 1.29 is 9.53 Å². The Labute approximate surface area is 103 Å². The summed E-state index contributed by atoms with van der Waals surface area (Å²) in [7, 11) is 0.